The van der Waals surface area contributed by atoms with E-state index in [1.807, 2.05) is 24.3 Å². The fraction of sp³-hybridized carbons (Fsp3) is 0.0667. The van der Waals surface area contributed by atoms with Gasteiger partial charge in [0.15, 0.2) is 17.6 Å². The van der Waals surface area contributed by atoms with Gasteiger partial charge >= 0.3 is 5.63 Å². The van der Waals surface area contributed by atoms with Gasteiger partial charge in [0, 0.05) is 5.39 Å². The molecule has 0 amide bonds. The van der Waals surface area contributed by atoms with E-state index in [2.05, 4.69) is 0 Å². The second-order valence-corrected chi connectivity index (χ2v) is 4.15. The first kappa shape index (κ1) is 11.5. The minimum absolute atomic E-state index is 0.00547. The first-order chi connectivity index (χ1) is 9.24. The maximum Gasteiger partial charge on any atom is 0.347 e. The predicted molar refractivity (Wildman–Crippen MR) is 71.9 cm³/mol. The van der Waals surface area contributed by atoms with Crippen LogP contribution in [-0.2, 0) is 0 Å². The van der Waals surface area contributed by atoms with Crippen molar-refractivity contribution in [3.63, 3.8) is 0 Å². The fourth-order valence-electron chi connectivity index (χ4n) is 2.18. The summed E-state index contributed by atoms with van der Waals surface area (Å²) in [5.74, 6) is 0.475. The second kappa shape index (κ2) is 4.24. The number of carbonyl (C=O) groups is 1. The molecule has 0 aliphatic heterocycles. The summed E-state index contributed by atoms with van der Waals surface area (Å²) >= 11 is 0. The van der Waals surface area contributed by atoms with E-state index in [1.165, 1.54) is 7.11 Å². The number of aldehydes is 1. The van der Waals surface area contributed by atoms with E-state index in [-0.39, 0.29) is 5.56 Å². The van der Waals surface area contributed by atoms with Crippen LogP contribution in [0.3, 0.4) is 0 Å². The highest BCUT2D eigenvalue weighted by molar-refractivity contribution is 6.09. The lowest BCUT2D eigenvalue weighted by Gasteiger charge is -2.08. The summed E-state index contributed by atoms with van der Waals surface area (Å²) in [6.45, 7) is 0. The molecule has 0 bridgehead atoms. The molecule has 1 aromatic heterocycles. The molecule has 2 aromatic carbocycles. The molecular weight excluding hydrogens is 244 g/mol. The van der Waals surface area contributed by atoms with E-state index >= 15 is 0 Å². The lowest BCUT2D eigenvalue weighted by atomic mass is 10.0. The van der Waals surface area contributed by atoms with Gasteiger partial charge in [0.1, 0.15) is 5.56 Å². The zero-order chi connectivity index (χ0) is 13.4. The highest BCUT2D eigenvalue weighted by Gasteiger charge is 2.12. The molecule has 19 heavy (non-hydrogen) atoms. The van der Waals surface area contributed by atoms with Crippen LogP contribution >= 0.6 is 0 Å². The first-order valence-electron chi connectivity index (χ1n) is 5.73. The van der Waals surface area contributed by atoms with Crippen LogP contribution in [0.4, 0.5) is 0 Å². The molecule has 1 heterocycles. The van der Waals surface area contributed by atoms with Gasteiger partial charge in [0.2, 0.25) is 0 Å². The van der Waals surface area contributed by atoms with Crippen LogP contribution < -0.4 is 10.4 Å². The van der Waals surface area contributed by atoms with Crippen molar-refractivity contribution in [3.05, 3.63) is 52.4 Å². The lowest BCUT2D eigenvalue weighted by Crippen LogP contribution is -2.06. The van der Waals surface area contributed by atoms with Crippen LogP contribution in [0.5, 0.6) is 5.75 Å². The molecular formula is C15H10O4. The van der Waals surface area contributed by atoms with Crippen molar-refractivity contribution in [2.45, 2.75) is 0 Å². The number of ether oxygens (including phenoxy) is 1. The van der Waals surface area contributed by atoms with Crippen LogP contribution in [0.25, 0.3) is 21.7 Å². The van der Waals surface area contributed by atoms with Gasteiger partial charge in [-0.15, -0.1) is 0 Å². The Kier molecular flexibility index (Phi) is 2.56. The molecule has 94 valence electrons. The maximum atomic E-state index is 11.6. The number of hydrogen-bond donors (Lipinski definition) is 0. The normalized spacial score (nSPS) is 10.8. The maximum absolute atomic E-state index is 11.6. The SMILES string of the molecule is COc1cc2ccccc2c2cc(C=O)c(=O)oc12. The molecule has 4 nitrogen and oxygen atoms in total. The van der Waals surface area contributed by atoms with Crippen molar-refractivity contribution in [3.8, 4) is 5.75 Å². The summed E-state index contributed by atoms with van der Waals surface area (Å²) in [7, 11) is 1.51. The Morgan fingerprint density at radius 3 is 2.68 bits per heavy atom. The van der Waals surface area contributed by atoms with Gasteiger partial charge < -0.3 is 9.15 Å². The smallest absolute Gasteiger partial charge is 0.347 e. The summed E-state index contributed by atoms with van der Waals surface area (Å²) in [5, 5.41) is 2.55. The Labute approximate surface area is 108 Å². The monoisotopic (exact) mass is 254 g/mol. The van der Waals surface area contributed by atoms with Crippen LogP contribution in [0.1, 0.15) is 10.4 Å². The topological polar surface area (TPSA) is 56.5 Å². The molecule has 0 saturated carbocycles. The summed E-state index contributed by atoms with van der Waals surface area (Å²) in [6.07, 6.45) is 0.500. The first-order valence-corrected chi connectivity index (χ1v) is 5.73. The van der Waals surface area contributed by atoms with E-state index in [1.54, 1.807) is 12.1 Å². The molecule has 0 spiro atoms. The highest BCUT2D eigenvalue weighted by atomic mass is 16.5. The van der Waals surface area contributed by atoms with Crippen molar-refractivity contribution < 1.29 is 13.9 Å². The van der Waals surface area contributed by atoms with E-state index < -0.39 is 5.63 Å². The van der Waals surface area contributed by atoms with Crippen LogP contribution in [0.15, 0.2) is 45.6 Å². The Morgan fingerprint density at radius 2 is 1.95 bits per heavy atom. The van der Waals surface area contributed by atoms with Crippen LogP contribution in [0, 0.1) is 0 Å². The number of carbonyl (C=O) groups excluding carboxylic acids is 1. The summed E-state index contributed by atoms with van der Waals surface area (Å²) < 4.78 is 10.4. The molecule has 0 atom stereocenters. The molecule has 0 aliphatic rings. The average molecular weight is 254 g/mol. The van der Waals surface area contributed by atoms with E-state index in [9.17, 15) is 9.59 Å². The van der Waals surface area contributed by atoms with E-state index in [0.29, 0.717) is 23.0 Å². The molecule has 0 fully saturated rings. The van der Waals surface area contributed by atoms with Crippen molar-refractivity contribution in [2.75, 3.05) is 7.11 Å². The van der Waals surface area contributed by atoms with Crippen molar-refractivity contribution >= 4 is 28.0 Å². The molecule has 0 aliphatic carbocycles. The second-order valence-electron chi connectivity index (χ2n) is 4.15. The third kappa shape index (κ3) is 1.69. The zero-order valence-electron chi connectivity index (χ0n) is 10.2. The van der Waals surface area contributed by atoms with Gasteiger partial charge in [-0.3, -0.25) is 4.79 Å². The van der Waals surface area contributed by atoms with Gasteiger partial charge in [-0.1, -0.05) is 24.3 Å². The van der Waals surface area contributed by atoms with Gasteiger partial charge in [-0.05, 0) is 22.9 Å². The minimum atomic E-state index is -0.656. The predicted octanol–water partition coefficient (Wildman–Crippen LogP) is 2.77. The average Bonchev–Trinajstić information content (AvgIpc) is 2.45. The van der Waals surface area contributed by atoms with Gasteiger partial charge in [-0.2, -0.15) is 0 Å². The van der Waals surface area contributed by atoms with Crippen molar-refractivity contribution in [2.24, 2.45) is 0 Å². The Bertz CT molecular complexity index is 846. The molecule has 0 radical (unpaired) electrons. The largest absolute Gasteiger partial charge is 0.493 e. The van der Waals surface area contributed by atoms with E-state index in [4.69, 9.17) is 9.15 Å². The van der Waals surface area contributed by atoms with Gasteiger partial charge in [0.25, 0.3) is 0 Å². The quantitative estimate of drug-likeness (QED) is 0.401. The van der Waals surface area contributed by atoms with Gasteiger partial charge in [0.05, 0.1) is 7.11 Å². The lowest BCUT2D eigenvalue weighted by molar-refractivity contribution is 0.112. The zero-order valence-corrected chi connectivity index (χ0v) is 10.2. The Hall–Kier alpha value is -2.62. The standard InChI is InChI=1S/C15H10O4/c1-18-13-7-9-4-2-3-5-11(9)12-6-10(8-16)15(17)19-14(12)13/h2-8H,1H3. The minimum Gasteiger partial charge on any atom is -0.493 e. The summed E-state index contributed by atoms with van der Waals surface area (Å²) in [5.41, 5.74) is -0.293. The van der Waals surface area contributed by atoms with Crippen molar-refractivity contribution in [1.82, 2.24) is 0 Å². The third-order valence-corrected chi connectivity index (χ3v) is 3.08. The molecule has 0 unspecified atom stereocenters. The van der Waals surface area contributed by atoms with Crippen molar-refractivity contribution in [1.29, 1.82) is 0 Å². The number of benzene rings is 2. The fourth-order valence-corrected chi connectivity index (χ4v) is 2.18. The Morgan fingerprint density at radius 1 is 1.16 bits per heavy atom. The molecule has 4 heteroatoms. The Balaban J connectivity index is 2.59. The molecule has 3 aromatic rings. The summed E-state index contributed by atoms with van der Waals surface area (Å²) in [6, 6.07) is 11.0. The number of fused-ring (bicyclic) bond motifs is 3. The van der Waals surface area contributed by atoms with E-state index in [0.717, 1.165) is 10.8 Å². The number of hydrogen-bond acceptors (Lipinski definition) is 4. The molecule has 3 rings (SSSR count). The van der Waals surface area contributed by atoms with Crippen LogP contribution in [-0.4, -0.2) is 13.4 Å². The summed E-state index contributed by atoms with van der Waals surface area (Å²) in [4.78, 5) is 22.5. The number of rotatable bonds is 2. The highest BCUT2D eigenvalue weighted by Crippen LogP contribution is 2.32. The molecule has 0 N–H and O–H groups in total. The van der Waals surface area contributed by atoms with Gasteiger partial charge in [-0.25, -0.2) is 4.79 Å². The number of methoxy groups -OCH3 is 1. The molecule has 0 saturated heterocycles. The third-order valence-electron chi connectivity index (χ3n) is 3.08. The van der Waals surface area contributed by atoms with Crippen LogP contribution in [0.2, 0.25) is 0 Å².